The minimum absolute atomic E-state index is 0.0286. The van der Waals surface area contributed by atoms with Gasteiger partial charge in [0.1, 0.15) is 12.2 Å². The van der Waals surface area contributed by atoms with E-state index in [-0.39, 0.29) is 32.1 Å². The molecule has 7 nitrogen and oxygen atoms in total. The maximum absolute atomic E-state index is 12.3. The Morgan fingerprint density at radius 3 is 2.24 bits per heavy atom. The highest BCUT2D eigenvalue weighted by molar-refractivity contribution is 6.34. The van der Waals surface area contributed by atoms with Crippen LogP contribution in [0.3, 0.4) is 0 Å². The fourth-order valence-electron chi connectivity index (χ4n) is 2.37. The van der Waals surface area contributed by atoms with E-state index in [1.165, 1.54) is 0 Å². The molecule has 1 heterocycles. The summed E-state index contributed by atoms with van der Waals surface area (Å²) in [5.74, 6) is -2.39. The van der Waals surface area contributed by atoms with Crippen LogP contribution in [0, 0.1) is 5.41 Å². The first-order chi connectivity index (χ1) is 11.6. The number of halogens is 2. The van der Waals surface area contributed by atoms with Gasteiger partial charge >= 0.3 is 5.97 Å². The highest BCUT2D eigenvalue weighted by atomic mass is 35.5. The molecule has 0 saturated carbocycles. The highest BCUT2D eigenvalue weighted by Crippen LogP contribution is 2.26. The Kier molecular flexibility index (Phi) is 7.74. The molecule has 0 amide bonds. The molecule has 0 aromatic carbocycles. The van der Waals surface area contributed by atoms with Crippen LogP contribution in [0.15, 0.2) is 12.7 Å². The number of Topliss-reactive ketones (excluding diaryl/α,β-unsaturated/α-hetero) is 2. The van der Waals surface area contributed by atoms with Crippen LogP contribution in [0.5, 0.6) is 0 Å². The van der Waals surface area contributed by atoms with Crippen molar-refractivity contribution in [3.63, 3.8) is 0 Å². The molecule has 0 spiro atoms. The maximum atomic E-state index is 12.3. The van der Waals surface area contributed by atoms with Crippen LogP contribution < -0.4 is 0 Å². The van der Waals surface area contributed by atoms with Gasteiger partial charge in [-0.25, -0.2) is 0 Å². The average Bonchev–Trinajstić information content (AvgIpc) is 2.61. The first-order valence-corrected chi connectivity index (χ1v) is 8.59. The monoisotopic (exact) mass is 393 g/mol. The number of ketones is 2. The number of cyclic esters (lactones) is 1. The van der Waals surface area contributed by atoms with Crippen molar-refractivity contribution in [2.45, 2.75) is 54.1 Å². The Bertz CT molecular complexity index is 569. The Morgan fingerprint density at radius 2 is 1.68 bits per heavy atom. The van der Waals surface area contributed by atoms with Gasteiger partial charge in [0.05, 0.1) is 10.8 Å². The summed E-state index contributed by atoms with van der Waals surface area (Å²) in [7, 11) is 0. The normalized spacial score (nSPS) is 36.2. The van der Waals surface area contributed by atoms with Gasteiger partial charge < -0.3 is 20.4 Å². The van der Waals surface area contributed by atoms with Gasteiger partial charge in [-0.15, -0.1) is 23.2 Å². The third-order valence-electron chi connectivity index (χ3n) is 4.07. The lowest BCUT2D eigenvalue weighted by Gasteiger charge is -2.27. The quantitative estimate of drug-likeness (QED) is 0.279. The minimum Gasteiger partial charge on any atom is -0.462 e. The van der Waals surface area contributed by atoms with Crippen LogP contribution in [0.25, 0.3) is 0 Å². The predicted molar refractivity (Wildman–Crippen MR) is 92.2 cm³/mol. The van der Waals surface area contributed by atoms with E-state index in [0.29, 0.717) is 6.21 Å². The summed E-state index contributed by atoms with van der Waals surface area (Å²) in [6, 6.07) is 0. The lowest BCUT2D eigenvalue weighted by molar-refractivity contribution is -0.152. The zero-order valence-electron chi connectivity index (χ0n) is 13.5. The number of rotatable bonds is 2. The van der Waals surface area contributed by atoms with E-state index in [0.717, 1.165) is 6.08 Å². The summed E-state index contributed by atoms with van der Waals surface area (Å²) < 4.78 is 4.80. The van der Waals surface area contributed by atoms with Crippen LogP contribution in [-0.2, 0) is 19.1 Å². The van der Waals surface area contributed by atoms with Crippen molar-refractivity contribution in [3.8, 4) is 0 Å². The second kappa shape index (κ2) is 8.89. The van der Waals surface area contributed by atoms with Crippen molar-refractivity contribution in [2.75, 3.05) is 6.61 Å². The van der Waals surface area contributed by atoms with Gasteiger partial charge in [0.15, 0.2) is 17.2 Å². The van der Waals surface area contributed by atoms with E-state index in [1.54, 1.807) is 0 Å². The molecule has 0 unspecified atom stereocenters. The second-order valence-electron chi connectivity index (χ2n) is 5.95. The maximum Gasteiger partial charge on any atom is 0.305 e. The molecule has 0 radical (unpaired) electrons. The lowest BCUT2D eigenvalue weighted by Crippen LogP contribution is -2.49. The van der Waals surface area contributed by atoms with E-state index in [9.17, 15) is 24.6 Å². The van der Waals surface area contributed by atoms with Gasteiger partial charge in [0.2, 0.25) is 0 Å². The molecular weight excluding hydrogens is 373 g/mol. The summed E-state index contributed by atoms with van der Waals surface area (Å²) in [5.41, 5.74) is -4.23. The average molecular weight is 394 g/mol. The van der Waals surface area contributed by atoms with Crippen molar-refractivity contribution in [3.05, 3.63) is 12.7 Å². The summed E-state index contributed by atoms with van der Waals surface area (Å²) in [6.07, 6.45) is 1.31. The fourth-order valence-corrected chi connectivity index (χ4v) is 3.01. The minimum atomic E-state index is -2.32. The van der Waals surface area contributed by atoms with E-state index < -0.39 is 46.1 Å². The first kappa shape index (κ1) is 21.8. The zero-order chi connectivity index (χ0) is 19.3. The number of ether oxygens (including phenoxy) is 1. The molecular formula is C16H21Cl2NO6. The number of nitrogens with one attached hydrogen (secondary N) is 1. The molecule has 1 fully saturated rings. The van der Waals surface area contributed by atoms with Crippen molar-refractivity contribution in [1.29, 1.82) is 5.41 Å². The molecule has 25 heavy (non-hydrogen) atoms. The van der Waals surface area contributed by atoms with Crippen LogP contribution >= 0.6 is 23.2 Å². The SMILES string of the molecule is C=C[C@]1(O)CCC[C@H](Cl)C(=O)[C@](O)(C=N)COC(=O)CC[C@H](Cl)C1=O. The summed E-state index contributed by atoms with van der Waals surface area (Å²) >= 11 is 11.9. The number of hydrogen-bond acceptors (Lipinski definition) is 7. The smallest absolute Gasteiger partial charge is 0.305 e. The third-order valence-corrected chi connectivity index (χ3v) is 4.90. The lowest BCUT2D eigenvalue weighted by atomic mass is 9.87. The van der Waals surface area contributed by atoms with E-state index in [2.05, 4.69) is 6.58 Å². The first-order valence-electron chi connectivity index (χ1n) is 7.72. The second-order valence-corrected chi connectivity index (χ2v) is 7.01. The molecule has 0 aromatic rings. The van der Waals surface area contributed by atoms with Gasteiger partial charge in [0.25, 0.3) is 0 Å². The van der Waals surface area contributed by atoms with Crippen molar-refractivity contribution in [2.24, 2.45) is 0 Å². The Labute approximate surface area is 155 Å². The van der Waals surface area contributed by atoms with Crippen molar-refractivity contribution in [1.82, 2.24) is 0 Å². The fraction of sp³-hybridized carbons (Fsp3) is 0.625. The van der Waals surface area contributed by atoms with Gasteiger partial charge in [0, 0.05) is 12.6 Å². The molecule has 1 saturated heterocycles. The standard InChI is InChI=1S/C16H21Cl2NO6/c1-2-15(23)7-3-4-10(17)14(22)16(24,8-19)9-25-12(20)6-5-11(18)13(15)21/h2,8,10-11,19,23-24H,1,3-7,9H2/t10-,11-,15-,16-/m0/s1. The highest BCUT2D eigenvalue weighted by Gasteiger charge is 2.41. The molecule has 1 aliphatic heterocycles. The van der Waals surface area contributed by atoms with Crippen LogP contribution in [0.2, 0.25) is 0 Å². The van der Waals surface area contributed by atoms with Gasteiger partial charge in [-0.05, 0) is 25.7 Å². The number of hydrogen-bond donors (Lipinski definition) is 3. The van der Waals surface area contributed by atoms with Crippen LogP contribution in [-0.4, -0.2) is 62.5 Å². The number of carbonyl (C=O) groups is 3. The zero-order valence-corrected chi connectivity index (χ0v) is 15.1. The summed E-state index contributed by atoms with van der Waals surface area (Å²) in [5, 5.41) is 25.5. The number of aliphatic hydroxyl groups is 2. The molecule has 0 aliphatic carbocycles. The Morgan fingerprint density at radius 1 is 1.12 bits per heavy atom. The molecule has 4 atom stereocenters. The molecule has 140 valence electrons. The number of alkyl halides is 2. The molecule has 0 bridgehead atoms. The number of esters is 1. The summed E-state index contributed by atoms with van der Waals surface area (Å²) in [4.78, 5) is 36.2. The van der Waals surface area contributed by atoms with Crippen molar-refractivity contribution < 1.29 is 29.3 Å². The predicted octanol–water partition coefficient (Wildman–Crippen LogP) is 1.14. The van der Waals surface area contributed by atoms with Gasteiger partial charge in [-0.3, -0.25) is 14.4 Å². The molecule has 1 rings (SSSR count). The van der Waals surface area contributed by atoms with E-state index in [4.69, 9.17) is 33.3 Å². The van der Waals surface area contributed by atoms with Gasteiger partial charge in [-0.2, -0.15) is 0 Å². The van der Waals surface area contributed by atoms with Crippen molar-refractivity contribution >= 4 is 47.0 Å². The van der Waals surface area contributed by atoms with Crippen LogP contribution in [0.4, 0.5) is 0 Å². The van der Waals surface area contributed by atoms with Crippen LogP contribution in [0.1, 0.15) is 32.1 Å². The number of carbonyl (C=O) groups excluding carboxylic acids is 3. The Balaban J connectivity index is 3.06. The third kappa shape index (κ3) is 5.34. The largest absolute Gasteiger partial charge is 0.462 e. The molecule has 1 aliphatic rings. The Hall–Kier alpha value is -1.28. The van der Waals surface area contributed by atoms with E-state index >= 15 is 0 Å². The van der Waals surface area contributed by atoms with Gasteiger partial charge in [-0.1, -0.05) is 12.7 Å². The summed E-state index contributed by atoms with van der Waals surface area (Å²) in [6.45, 7) is 2.70. The molecule has 3 N–H and O–H groups in total. The van der Waals surface area contributed by atoms with E-state index in [1.807, 2.05) is 0 Å². The molecule has 0 aromatic heterocycles. The molecule has 9 heteroatoms. The topological polar surface area (TPSA) is 125 Å².